The van der Waals surface area contributed by atoms with Crippen LogP contribution < -0.4 is 0 Å². The molecular weight excluding hydrogens is 226 g/mol. The minimum absolute atomic E-state index is 0.0546. The van der Waals surface area contributed by atoms with Crippen molar-refractivity contribution in [1.82, 2.24) is 4.90 Å². The van der Waals surface area contributed by atoms with Gasteiger partial charge in [-0.1, -0.05) is 0 Å². The van der Waals surface area contributed by atoms with Crippen LogP contribution in [0.4, 0.5) is 0 Å². The number of rotatable bonds is 7. The van der Waals surface area contributed by atoms with Crippen molar-refractivity contribution in [2.75, 3.05) is 27.3 Å². The number of carbonyl (C=O) groups excluding carboxylic acids is 3. The Bertz CT molecular complexity index is 277. The Kier molecular flexibility index (Phi) is 7.75. The first kappa shape index (κ1) is 15.4. The lowest BCUT2D eigenvalue weighted by Gasteiger charge is -2.16. The molecule has 0 bridgehead atoms. The average molecular weight is 245 g/mol. The molecule has 0 saturated heterocycles. The van der Waals surface area contributed by atoms with Gasteiger partial charge in [-0.05, 0) is 6.92 Å². The zero-order valence-corrected chi connectivity index (χ0v) is 10.5. The Morgan fingerprint density at radius 2 is 1.71 bits per heavy atom. The monoisotopic (exact) mass is 245 g/mol. The van der Waals surface area contributed by atoms with Crippen molar-refractivity contribution in [1.29, 1.82) is 0 Å². The molecule has 6 nitrogen and oxygen atoms in total. The van der Waals surface area contributed by atoms with Gasteiger partial charge >= 0.3 is 11.9 Å². The maximum atomic E-state index is 11.5. The Hall–Kier alpha value is -1.59. The molecule has 0 saturated carbocycles. The van der Waals surface area contributed by atoms with Crippen LogP contribution in [0.25, 0.3) is 0 Å². The summed E-state index contributed by atoms with van der Waals surface area (Å²) in [5, 5.41) is 0. The Morgan fingerprint density at radius 3 is 2.24 bits per heavy atom. The lowest BCUT2D eigenvalue weighted by Crippen LogP contribution is -2.29. The van der Waals surface area contributed by atoms with E-state index < -0.39 is 5.97 Å². The van der Waals surface area contributed by atoms with E-state index in [1.54, 1.807) is 14.0 Å². The maximum absolute atomic E-state index is 11.5. The van der Waals surface area contributed by atoms with Gasteiger partial charge < -0.3 is 14.4 Å². The van der Waals surface area contributed by atoms with Crippen LogP contribution >= 0.6 is 0 Å². The van der Waals surface area contributed by atoms with Gasteiger partial charge in [0, 0.05) is 20.0 Å². The van der Waals surface area contributed by atoms with E-state index in [-0.39, 0.29) is 31.1 Å². The average Bonchev–Trinajstić information content (AvgIpc) is 2.32. The molecule has 1 amide bonds. The van der Waals surface area contributed by atoms with Crippen LogP contribution in [-0.4, -0.2) is 50.1 Å². The Morgan fingerprint density at radius 1 is 1.06 bits per heavy atom. The van der Waals surface area contributed by atoms with Crippen molar-refractivity contribution in [2.45, 2.75) is 26.2 Å². The fourth-order valence-electron chi connectivity index (χ4n) is 1.12. The SMILES string of the molecule is CCOC(=O)CCN(C)C(=O)CCC(=O)OC. The van der Waals surface area contributed by atoms with Gasteiger partial charge in [0.25, 0.3) is 0 Å². The predicted molar refractivity (Wildman–Crippen MR) is 60.1 cm³/mol. The number of hydrogen-bond donors (Lipinski definition) is 0. The lowest BCUT2D eigenvalue weighted by atomic mass is 10.2. The summed E-state index contributed by atoms with van der Waals surface area (Å²) in [5.74, 6) is -0.947. The predicted octanol–water partition coefficient (Wildman–Crippen LogP) is 0.351. The number of methoxy groups -OCH3 is 1. The molecule has 0 N–H and O–H groups in total. The second-order valence-corrected chi connectivity index (χ2v) is 3.45. The number of carbonyl (C=O) groups is 3. The number of hydrogen-bond acceptors (Lipinski definition) is 5. The molecule has 6 heteroatoms. The number of amides is 1. The van der Waals surface area contributed by atoms with Crippen LogP contribution in [0.1, 0.15) is 26.2 Å². The lowest BCUT2D eigenvalue weighted by molar-refractivity contribution is -0.145. The third-order valence-corrected chi connectivity index (χ3v) is 2.15. The fourth-order valence-corrected chi connectivity index (χ4v) is 1.12. The molecule has 0 rings (SSSR count). The van der Waals surface area contributed by atoms with Gasteiger partial charge in [-0.15, -0.1) is 0 Å². The molecule has 0 aliphatic rings. The molecule has 0 radical (unpaired) electrons. The van der Waals surface area contributed by atoms with E-state index in [0.29, 0.717) is 13.2 Å². The highest BCUT2D eigenvalue weighted by Gasteiger charge is 2.13. The smallest absolute Gasteiger partial charge is 0.307 e. The molecule has 0 aliphatic carbocycles. The molecule has 98 valence electrons. The summed E-state index contributed by atoms with van der Waals surface area (Å²) in [6.45, 7) is 2.35. The summed E-state index contributed by atoms with van der Waals surface area (Å²) in [4.78, 5) is 34.8. The third kappa shape index (κ3) is 7.32. The summed E-state index contributed by atoms with van der Waals surface area (Å²) < 4.78 is 9.16. The highest BCUT2D eigenvalue weighted by Crippen LogP contribution is 1.99. The van der Waals surface area contributed by atoms with Crippen molar-refractivity contribution >= 4 is 17.8 Å². The second kappa shape index (κ2) is 8.55. The van der Waals surface area contributed by atoms with E-state index in [1.807, 2.05) is 0 Å². The molecule has 0 heterocycles. The molecule has 17 heavy (non-hydrogen) atoms. The fraction of sp³-hybridized carbons (Fsp3) is 0.727. The van der Waals surface area contributed by atoms with Crippen LogP contribution in [0, 0.1) is 0 Å². The normalized spacial score (nSPS) is 9.59. The summed E-state index contributed by atoms with van der Waals surface area (Å²) in [6.07, 6.45) is 0.305. The van der Waals surface area contributed by atoms with Crippen molar-refractivity contribution in [2.24, 2.45) is 0 Å². The van der Waals surface area contributed by atoms with E-state index in [4.69, 9.17) is 4.74 Å². The molecule has 0 unspecified atom stereocenters. The first-order chi connectivity index (χ1) is 8.01. The van der Waals surface area contributed by atoms with E-state index >= 15 is 0 Å². The van der Waals surface area contributed by atoms with Gasteiger partial charge in [-0.2, -0.15) is 0 Å². The minimum Gasteiger partial charge on any atom is -0.469 e. The second-order valence-electron chi connectivity index (χ2n) is 3.45. The molecule has 0 fully saturated rings. The van der Waals surface area contributed by atoms with Gasteiger partial charge in [0.2, 0.25) is 5.91 Å². The van der Waals surface area contributed by atoms with Crippen molar-refractivity contribution in [3.63, 3.8) is 0 Å². The Balaban J connectivity index is 3.81. The van der Waals surface area contributed by atoms with Gasteiger partial charge in [-0.3, -0.25) is 14.4 Å². The van der Waals surface area contributed by atoms with E-state index in [9.17, 15) is 14.4 Å². The molecular formula is C11H19NO5. The van der Waals surface area contributed by atoms with Gasteiger partial charge in [-0.25, -0.2) is 0 Å². The number of ether oxygens (including phenoxy) is 2. The summed E-state index contributed by atoms with van der Waals surface area (Å²) in [5.41, 5.74) is 0. The Labute approximate surface area is 101 Å². The molecule has 0 aliphatic heterocycles. The topological polar surface area (TPSA) is 72.9 Å². The minimum atomic E-state index is -0.419. The molecule has 0 atom stereocenters. The first-order valence-corrected chi connectivity index (χ1v) is 5.47. The van der Waals surface area contributed by atoms with Crippen LogP contribution in [0.5, 0.6) is 0 Å². The largest absolute Gasteiger partial charge is 0.469 e. The number of esters is 2. The quantitative estimate of drug-likeness (QED) is 0.605. The van der Waals surface area contributed by atoms with Crippen LogP contribution in [0.2, 0.25) is 0 Å². The zero-order chi connectivity index (χ0) is 13.3. The number of nitrogens with zero attached hydrogens (tertiary/aromatic N) is 1. The van der Waals surface area contributed by atoms with Gasteiger partial charge in [0.05, 0.1) is 26.6 Å². The van der Waals surface area contributed by atoms with Crippen molar-refractivity contribution in [3.8, 4) is 0 Å². The third-order valence-electron chi connectivity index (χ3n) is 2.15. The van der Waals surface area contributed by atoms with Crippen LogP contribution in [0.15, 0.2) is 0 Å². The highest BCUT2D eigenvalue weighted by atomic mass is 16.5. The molecule has 0 spiro atoms. The van der Waals surface area contributed by atoms with E-state index in [0.717, 1.165) is 0 Å². The standard InChI is InChI=1S/C11H19NO5/c1-4-17-11(15)7-8-12(2)9(13)5-6-10(14)16-3/h4-8H2,1-3H3. The van der Waals surface area contributed by atoms with Crippen LogP contribution in [-0.2, 0) is 23.9 Å². The molecule has 0 aromatic heterocycles. The van der Waals surface area contributed by atoms with Crippen molar-refractivity contribution in [3.05, 3.63) is 0 Å². The highest BCUT2D eigenvalue weighted by molar-refractivity contribution is 5.81. The molecule has 0 aromatic rings. The first-order valence-electron chi connectivity index (χ1n) is 5.47. The van der Waals surface area contributed by atoms with Crippen molar-refractivity contribution < 1.29 is 23.9 Å². The summed E-state index contributed by atoms with van der Waals surface area (Å²) in [6, 6.07) is 0. The maximum Gasteiger partial charge on any atom is 0.307 e. The summed E-state index contributed by atoms with van der Waals surface area (Å²) in [7, 11) is 2.86. The van der Waals surface area contributed by atoms with Crippen LogP contribution in [0.3, 0.4) is 0 Å². The summed E-state index contributed by atoms with van der Waals surface area (Å²) >= 11 is 0. The van der Waals surface area contributed by atoms with Gasteiger partial charge in [0.15, 0.2) is 0 Å². The van der Waals surface area contributed by atoms with E-state index in [1.165, 1.54) is 12.0 Å². The van der Waals surface area contributed by atoms with Gasteiger partial charge in [0.1, 0.15) is 0 Å². The molecule has 0 aromatic carbocycles. The van der Waals surface area contributed by atoms with E-state index in [2.05, 4.69) is 4.74 Å². The zero-order valence-electron chi connectivity index (χ0n) is 10.5.